The molecule has 150 valence electrons. The summed E-state index contributed by atoms with van der Waals surface area (Å²) in [6, 6.07) is 18.1. The van der Waals surface area contributed by atoms with E-state index in [2.05, 4.69) is 27.4 Å². The highest BCUT2D eigenvalue weighted by Gasteiger charge is 2.19. The molecule has 3 aromatic rings. The van der Waals surface area contributed by atoms with Crippen molar-refractivity contribution in [2.24, 2.45) is 0 Å². The van der Waals surface area contributed by atoms with Gasteiger partial charge in [0.15, 0.2) is 0 Å². The zero-order valence-corrected chi connectivity index (χ0v) is 17.2. The van der Waals surface area contributed by atoms with Gasteiger partial charge in [-0.2, -0.15) is 5.10 Å². The van der Waals surface area contributed by atoms with Gasteiger partial charge in [-0.15, -0.1) is 0 Å². The van der Waals surface area contributed by atoms with E-state index in [1.165, 1.54) is 31.4 Å². The van der Waals surface area contributed by atoms with Gasteiger partial charge in [-0.25, -0.2) is 4.68 Å². The molecular weight excluding hydrogens is 360 g/mol. The Bertz CT molecular complexity index is 968. The molecule has 1 fully saturated rings. The summed E-state index contributed by atoms with van der Waals surface area (Å²) in [6.07, 6.45) is 5.14. The largest absolute Gasteiger partial charge is 0.372 e. The van der Waals surface area contributed by atoms with Crippen LogP contribution in [0.1, 0.15) is 47.4 Å². The van der Waals surface area contributed by atoms with Gasteiger partial charge >= 0.3 is 0 Å². The van der Waals surface area contributed by atoms with Crippen molar-refractivity contribution in [2.45, 2.75) is 39.5 Å². The first-order valence-corrected chi connectivity index (χ1v) is 10.4. The van der Waals surface area contributed by atoms with E-state index >= 15 is 0 Å². The summed E-state index contributed by atoms with van der Waals surface area (Å²) in [5.41, 5.74) is 5.19. The molecule has 0 radical (unpaired) electrons. The predicted molar refractivity (Wildman–Crippen MR) is 118 cm³/mol. The summed E-state index contributed by atoms with van der Waals surface area (Å²) >= 11 is 0. The molecule has 0 saturated carbocycles. The molecular formula is C24H28N4O. The standard InChI is InChI=1S/C24H28N4O/c1-18-23(19(2)28(26-18)22-10-6-5-7-11-22)24(29)25-20-12-14-21(15-13-20)27-16-8-3-4-9-17-27/h5-7,10-15H,3-4,8-9,16-17H2,1-2H3,(H,25,29). The van der Waals surface area contributed by atoms with Crippen molar-refractivity contribution >= 4 is 17.3 Å². The minimum Gasteiger partial charge on any atom is -0.372 e. The molecule has 1 aliphatic rings. The third-order valence-electron chi connectivity index (χ3n) is 5.62. The monoisotopic (exact) mass is 388 g/mol. The zero-order chi connectivity index (χ0) is 20.2. The first-order chi connectivity index (χ1) is 14.1. The highest BCUT2D eigenvalue weighted by Crippen LogP contribution is 2.23. The number of rotatable bonds is 4. The van der Waals surface area contributed by atoms with Crippen molar-refractivity contribution in [3.63, 3.8) is 0 Å². The molecule has 2 heterocycles. The maximum absolute atomic E-state index is 13.0. The quantitative estimate of drug-likeness (QED) is 0.675. The van der Waals surface area contributed by atoms with Crippen LogP contribution in [0.15, 0.2) is 54.6 Å². The van der Waals surface area contributed by atoms with Crippen molar-refractivity contribution in [3.8, 4) is 5.69 Å². The fourth-order valence-corrected chi connectivity index (χ4v) is 4.07. The van der Waals surface area contributed by atoms with Crippen molar-refractivity contribution in [2.75, 3.05) is 23.3 Å². The van der Waals surface area contributed by atoms with Gasteiger partial charge in [0.05, 0.1) is 22.6 Å². The van der Waals surface area contributed by atoms with Gasteiger partial charge in [-0.3, -0.25) is 4.79 Å². The number of hydrogen-bond donors (Lipinski definition) is 1. The van der Waals surface area contributed by atoms with E-state index in [9.17, 15) is 4.79 Å². The molecule has 1 amide bonds. The van der Waals surface area contributed by atoms with Crippen LogP contribution in [0.2, 0.25) is 0 Å². The van der Waals surface area contributed by atoms with Crippen molar-refractivity contribution in [3.05, 3.63) is 71.5 Å². The second kappa shape index (κ2) is 8.52. The van der Waals surface area contributed by atoms with Crippen LogP contribution in [0.5, 0.6) is 0 Å². The second-order valence-corrected chi connectivity index (χ2v) is 7.70. The lowest BCUT2D eigenvalue weighted by Crippen LogP contribution is -2.23. The number of hydrogen-bond acceptors (Lipinski definition) is 3. The second-order valence-electron chi connectivity index (χ2n) is 7.70. The summed E-state index contributed by atoms with van der Waals surface area (Å²) in [4.78, 5) is 15.4. The zero-order valence-electron chi connectivity index (χ0n) is 17.2. The summed E-state index contributed by atoms with van der Waals surface area (Å²) in [5.74, 6) is -0.121. The van der Waals surface area contributed by atoms with E-state index in [-0.39, 0.29) is 5.91 Å². The van der Waals surface area contributed by atoms with Crippen molar-refractivity contribution in [1.82, 2.24) is 9.78 Å². The molecule has 1 aliphatic heterocycles. The summed E-state index contributed by atoms with van der Waals surface area (Å²) in [5, 5.41) is 7.61. The number of aryl methyl sites for hydroxylation is 1. The first-order valence-electron chi connectivity index (χ1n) is 10.4. The van der Waals surface area contributed by atoms with E-state index in [0.29, 0.717) is 5.56 Å². The Hall–Kier alpha value is -3.08. The number of nitrogens with zero attached hydrogens (tertiary/aromatic N) is 3. The third-order valence-corrected chi connectivity index (χ3v) is 5.62. The normalized spacial score (nSPS) is 14.5. The fourth-order valence-electron chi connectivity index (χ4n) is 4.07. The molecule has 5 heteroatoms. The van der Waals surface area contributed by atoms with Crippen LogP contribution in [-0.2, 0) is 0 Å². The van der Waals surface area contributed by atoms with Gasteiger partial charge in [-0.1, -0.05) is 31.0 Å². The molecule has 0 atom stereocenters. The van der Waals surface area contributed by atoms with E-state index in [4.69, 9.17) is 0 Å². The minimum absolute atomic E-state index is 0.121. The summed E-state index contributed by atoms with van der Waals surface area (Å²) < 4.78 is 1.83. The van der Waals surface area contributed by atoms with Gasteiger partial charge in [0, 0.05) is 24.5 Å². The number of aromatic nitrogens is 2. The van der Waals surface area contributed by atoms with Crippen LogP contribution >= 0.6 is 0 Å². The Balaban J connectivity index is 1.50. The first kappa shape index (κ1) is 19.2. The van der Waals surface area contributed by atoms with Crippen LogP contribution in [0.25, 0.3) is 5.69 Å². The molecule has 1 aromatic heterocycles. The highest BCUT2D eigenvalue weighted by molar-refractivity contribution is 6.06. The maximum Gasteiger partial charge on any atom is 0.259 e. The topological polar surface area (TPSA) is 50.2 Å². The molecule has 29 heavy (non-hydrogen) atoms. The Morgan fingerprint density at radius 1 is 0.862 bits per heavy atom. The Kier molecular flexibility index (Phi) is 5.65. The van der Waals surface area contributed by atoms with Gasteiger partial charge < -0.3 is 10.2 Å². The number of carbonyl (C=O) groups excluding carboxylic acids is 1. The van der Waals surface area contributed by atoms with E-state index in [0.717, 1.165) is 35.9 Å². The molecule has 1 N–H and O–H groups in total. The van der Waals surface area contributed by atoms with Crippen LogP contribution in [0, 0.1) is 13.8 Å². The average molecular weight is 389 g/mol. The van der Waals surface area contributed by atoms with E-state index in [1.807, 2.05) is 61.0 Å². The molecule has 1 saturated heterocycles. The van der Waals surface area contributed by atoms with Crippen LogP contribution in [0.4, 0.5) is 11.4 Å². The van der Waals surface area contributed by atoms with Crippen LogP contribution in [-0.4, -0.2) is 28.8 Å². The Morgan fingerprint density at radius 3 is 2.17 bits per heavy atom. The lowest BCUT2D eigenvalue weighted by atomic mass is 10.1. The Morgan fingerprint density at radius 2 is 1.52 bits per heavy atom. The van der Waals surface area contributed by atoms with Crippen LogP contribution in [0.3, 0.4) is 0 Å². The van der Waals surface area contributed by atoms with Gasteiger partial charge in [0.25, 0.3) is 5.91 Å². The lowest BCUT2D eigenvalue weighted by Gasteiger charge is -2.22. The van der Waals surface area contributed by atoms with Gasteiger partial charge in [-0.05, 0) is 63.1 Å². The summed E-state index contributed by atoms with van der Waals surface area (Å²) in [6.45, 7) is 6.04. The Labute approximate surface area is 172 Å². The van der Waals surface area contributed by atoms with Crippen LogP contribution < -0.4 is 10.2 Å². The molecule has 0 unspecified atom stereocenters. The average Bonchev–Trinajstić information content (AvgIpc) is 2.91. The number of anilines is 2. The molecule has 5 nitrogen and oxygen atoms in total. The van der Waals surface area contributed by atoms with E-state index in [1.54, 1.807) is 0 Å². The van der Waals surface area contributed by atoms with E-state index < -0.39 is 0 Å². The smallest absolute Gasteiger partial charge is 0.259 e. The number of benzene rings is 2. The number of nitrogens with one attached hydrogen (secondary N) is 1. The maximum atomic E-state index is 13.0. The molecule has 2 aromatic carbocycles. The predicted octanol–water partition coefficient (Wildman–Crippen LogP) is 5.12. The SMILES string of the molecule is Cc1nn(-c2ccccc2)c(C)c1C(=O)Nc1ccc(N2CCCCCC2)cc1. The molecule has 0 spiro atoms. The molecule has 0 aliphatic carbocycles. The third kappa shape index (κ3) is 4.19. The number of amides is 1. The van der Waals surface area contributed by atoms with Gasteiger partial charge in [0.1, 0.15) is 0 Å². The lowest BCUT2D eigenvalue weighted by molar-refractivity contribution is 0.102. The fraction of sp³-hybridized carbons (Fsp3) is 0.333. The van der Waals surface area contributed by atoms with Gasteiger partial charge in [0.2, 0.25) is 0 Å². The molecule has 0 bridgehead atoms. The number of para-hydroxylation sites is 1. The van der Waals surface area contributed by atoms with Crippen molar-refractivity contribution in [1.29, 1.82) is 0 Å². The molecule has 4 rings (SSSR count). The highest BCUT2D eigenvalue weighted by atomic mass is 16.1. The summed E-state index contributed by atoms with van der Waals surface area (Å²) in [7, 11) is 0. The number of carbonyl (C=O) groups is 1. The van der Waals surface area contributed by atoms with Crippen molar-refractivity contribution < 1.29 is 4.79 Å². The minimum atomic E-state index is -0.121.